The zero-order chi connectivity index (χ0) is 14.1. The van der Waals surface area contributed by atoms with Gasteiger partial charge in [0.15, 0.2) is 5.82 Å². The van der Waals surface area contributed by atoms with E-state index in [9.17, 15) is 17.2 Å². The molecule has 0 aromatic heterocycles. The van der Waals surface area contributed by atoms with Crippen molar-refractivity contribution >= 4 is 21.4 Å². The lowest BCUT2D eigenvalue weighted by molar-refractivity contribution is 0.463. The van der Waals surface area contributed by atoms with Gasteiger partial charge < -0.3 is 5.73 Å². The summed E-state index contributed by atoms with van der Waals surface area (Å²) in [7, 11) is -3.74. The molecule has 0 saturated carbocycles. The Hall–Kier alpha value is -1.37. The second-order valence-electron chi connectivity index (χ2n) is 5.27. The van der Waals surface area contributed by atoms with Crippen molar-refractivity contribution in [2.45, 2.75) is 20.8 Å². The molecule has 0 unspecified atom stereocenters. The van der Waals surface area contributed by atoms with Gasteiger partial charge in [-0.25, -0.2) is 17.2 Å². The summed E-state index contributed by atoms with van der Waals surface area (Å²) in [6.07, 6.45) is 0. The van der Waals surface area contributed by atoms with Crippen LogP contribution in [0.2, 0.25) is 0 Å². The zero-order valence-corrected chi connectivity index (χ0v) is 11.2. The molecule has 18 heavy (non-hydrogen) atoms. The summed E-state index contributed by atoms with van der Waals surface area (Å²) in [5.41, 5.74) is 4.19. The molecule has 0 bridgehead atoms. The number of hydrogen-bond acceptors (Lipinski definition) is 3. The van der Waals surface area contributed by atoms with E-state index in [1.165, 1.54) is 0 Å². The quantitative estimate of drug-likeness (QED) is 0.833. The van der Waals surface area contributed by atoms with Crippen LogP contribution in [-0.4, -0.2) is 14.2 Å². The first-order chi connectivity index (χ1) is 8.00. The molecule has 0 spiro atoms. The first-order valence-electron chi connectivity index (χ1n) is 5.25. The van der Waals surface area contributed by atoms with Gasteiger partial charge in [-0.15, -0.1) is 0 Å². The molecule has 0 radical (unpaired) electrons. The van der Waals surface area contributed by atoms with Gasteiger partial charge in [0, 0.05) is 6.07 Å². The average Bonchev–Trinajstić information content (AvgIpc) is 2.07. The summed E-state index contributed by atoms with van der Waals surface area (Å²) in [5.74, 6) is -2.09. The molecule has 1 aromatic carbocycles. The fourth-order valence-electron chi connectivity index (χ4n) is 1.46. The Bertz CT molecular complexity index is 528. The van der Waals surface area contributed by atoms with Crippen molar-refractivity contribution < 1.29 is 17.2 Å². The fraction of sp³-hybridized carbons (Fsp3) is 0.455. The highest BCUT2D eigenvalue weighted by molar-refractivity contribution is 7.92. The third-order valence-corrected chi connectivity index (χ3v) is 3.73. The summed E-state index contributed by atoms with van der Waals surface area (Å²) in [6, 6.07) is 1.43. The number of anilines is 2. The summed E-state index contributed by atoms with van der Waals surface area (Å²) < 4.78 is 51.8. The smallest absolute Gasteiger partial charge is 0.233 e. The number of nitrogen functional groups attached to an aromatic ring is 1. The third-order valence-electron chi connectivity index (χ3n) is 1.97. The van der Waals surface area contributed by atoms with Crippen LogP contribution in [0.4, 0.5) is 20.2 Å². The van der Waals surface area contributed by atoms with E-state index in [2.05, 4.69) is 0 Å². The van der Waals surface area contributed by atoms with Crippen LogP contribution in [0.3, 0.4) is 0 Å². The summed E-state index contributed by atoms with van der Waals surface area (Å²) in [5, 5.41) is 0. The van der Waals surface area contributed by atoms with Crippen LogP contribution in [0.25, 0.3) is 0 Å². The molecule has 0 aliphatic carbocycles. The van der Waals surface area contributed by atoms with E-state index in [1.807, 2.05) is 4.72 Å². The number of rotatable bonds is 3. The monoisotopic (exact) mass is 278 g/mol. The highest BCUT2D eigenvalue weighted by Crippen LogP contribution is 2.26. The second kappa shape index (κ2) is 4.72. The van der Waals surface area contributed by atoms with E-state index in [0.29, 0.717) is 6.07 Å². The lowest BCUT2D eigenvalue weighted by Crippen LogP contribution is -2.27. The summed E-state index contributed by atoms with van der Waals surface area (Å²) in [4.78, 5) is 0. The van der Waals surface area contributed by atoms with Crippen molar-refractivity contribution in [2.24, 2.45) is 5.41 Å². The van der Waals surface area contributed by atoms with Gasteiger partial charge in [-0.1, -0.05) is 20.8 Å². The number of nitrogens with one attached hydrogen (secondary N) is 1. The van der Waals surface area contributed by atoms with Gasteiger partial charge in [0.2, 0.25) is 10.0 Å². The minimum absolute atomic E-state index is 0.198. The Morgan fingerprint density at radius 2 is 1.83 bits per heavy atom. The molecule has 1 aromatic rings. The Morgan fingerprint density at radius 1 is 1.28 bits per heavy atom. The van der Waals surface area contributed by atoms with E-state index >= 15 is 0 Å². The normalized spacial score (nSPS) is 12.5. The molecule has 0 aliphatic heterocycles. The molecule has 0 fully saturated rings. The predicted octanol–water partition coefficient (Wildman–Crippen LogP) is 2.33. The van der Waals surface area contributed by atoms with Crippen molar-refractivity contribution in [1.82, 2.24) is 0 Å². The van der Waals surface area contributed by atoms with Crippen LogP contribution >= 0.6 is 0 Å². The first-order valence-corrected chi connectivity index (χ1v) is 6.90. The van der Waals surface area contributed by atoms with E-state index in [-0.39, 0.29) is 11.4 Å². The Kier molecular flexibility index (Phi) is 3.85. The Labute approximate surface area is 105 Å². The molecule has 3 N–H and O–H groups in total. The number of hydrogen-bond donors (Lipinski definition) is 2. The maximum absolute atomic E-state index is 13.4. The van der Waals surface area contributed by atoms with Gasteiger partial charge >= 0.3 is 0 Å². The number of benzene rings is 1. The first kappa shape index (κ1) is 14.7. The van der Waals surface area contributed by atoms with Crippen LogP contribution in [0.5, 0.6) is 0 Å². The van der Waals surface area contributed by atoms with Crippen molar-refractivity contribution in [3.8, 4) is 0 Å². The standard InChI is InChI=1S/C11H16F2N2O2S/c1-11(2,3)6-18(16,17)15-10-8(13)4-7(12)5-9(10)14/h4-5,15H,6,14H2,1-3H3. The molecular formula is C11H16F2N2O2S. The molecule has 4 nitrogen and oxygen atoms in total. The van der Waals surface area contributed by atoms with E-state index < -0.39 is 32.8 Å². The van der Waals surface area contributed by atoms with Gasteiger partial charge in [0.1, 0.15) is 11.5 Å². The summed E-state index contributed by atoms with van der Waals surface area (Å²) in [6.45, 7) is 5.20. The van der Waals surface area contributed by atoms with Gasteiger partial charge in [0.25, 0.3) is 0 Å². The van der Waals surface area contributed by atoms with Gasteiger partial charge in [-0.05, 0) is 11.5 Å². The van der Waals surface area contributed by atoms with Crippen molar-refractivity contribution in [1.29, 1.82) is 0 Å². The predicted molar refractivity (Wildman–Crippen MR) is 67.6 cm³/mol. The largest absolute Gasteiger partial charge is 0.397 e. The van der Waals surface area contributed by atoms with E-state index in [1.54, 1.807) is 20.8 Å². The Morgan fingerprint density at radius 3 is 2.28 bits per heavy atom. The van der Waals surface area contributed by atoms with Crippen LogP contribution in [0.15, 0.2) is 12.1 Å². The molecule has 102 valence electrons. The van der Waals surface area contributed by atoms with Crippen LogP contribution in [-0.2, 0) is 10.0 Å². The fourth-order valence-corrected chi connectivity index (χ4v) is 3.20. The molecule has 0 heterocycles. The van der Waals surface area contributed by atoms with Crippen molar-refractivity contribution in [2.75, 3.05) is 16.2 Å². The number of sulfonamides is 1. The third kappa shape index (κ3) is 4.14. The molecule has 0 saturated heterocycles. The van der Waals surface area contributed by atoms with Crippen LogP contribution in [0, 0.1) is 17.0 Å². The molecule has 7 heteroatoms. The molecule has 0 amide bonds. The number of halogens is 2. The molecule has 0 aliphatic rings. The van der Waals surface area contributed by atoms with E-state index in [0.717, 1.165) is 6.07 Å². The molecule has 0 atom stereocenters. The number of nitrogens with two attached hydrogens (primary N) is 1. The maximum atomic E-state index is 13.4. The van der Waals surface area contributed by atoms with Crippen molar-refractivity contribution in [3.05, 3.63) is 23.8 Å². The summed E-state index contributed by atoms with van der Waals surface area (Å²) >= 11 is 0. The van der Waals surface area contributed by atoms with Crippen molar-refractivity contribution in [3.63, 3.8) is 0 Å². The minimum Gasteiger partial charge on any atom is -0.397 e. The van der Waals surface area contributed by atoms with Gasteiger partial charge in [-0.3, -0.25) is 4.72 Å². The minimum atomic E-state index is -3.74. The van der Waals surface area contributed by atoms with Gasteiger partial charge in [-0.2, -0.15) is 0 Å². The maximum Gasteiger partial charge on any atom is 0.233 e. The highest BCUT2D eigenvalue weighted by Gasteiger charge is 2.23. The topological polar surface area (TPSA) is 72.2 Å². The molecular weight excluding hydrogens is 262 g/mol. The highest BCUT2D eigenvalue weighted by atomic mass is 32.2. The van der Waals surface area contributed by atoms with Crippen LogP contribution in [0.1, 0.15) is 20.8 Å². The SMILES string of the molecule is CC(C)(C)CS(=O)(=O)Nc1c(N)cc(F)cc1F. The lowest BCUT2D eigenvalue weighted by Gasteiger charge is -2.19. The average molecular weight is 278 g/mol. The van der Waals surface area contributed by atoms with Gasteiger partial charge in [0.05, 0.1) is 11.4 Å². The van der Waals surface area contributed by atoms with E-state index in [4.69, 9.17) is 5.73 Å². The Balaban J connectivity index is 3.06. The second-order valence-corrected chi connectivity index (χ2v) is 7.00. The molecule has 1 rings (SSSR count). The van der Waals surface area contributed by atoms with Crippen LogP contribution < -0.4 is 10.5 Å². The zero-order valence-electron chi connectivity index (χ0n) is 10.4. The lowest BCUT2D eigenvalue weighted by atomic mass is 10.0.